The molecule has 0 atom stereocenters. The summed E-state index contributed by atoms with van der Waals surface area (Å²) in [5, 5.41) is 3.40. The Bertz CT molecular complexity index is 521. The van der Waals surface area contributed by atoms with E-state index >= 15 is 0 Å². The van der Waals surface area contributed by atoms with Gasteiger partial charge in [-0.25, -0.2) is 4.98 Å². The summed E-state index contributed by atoms with van der Waals surface area (Å²) in [7, 11) is 0. The maximum Gasteiger partial charge on any atom is 0.137 e. The molecule has 3 nitrogen and oxygen atoms in total. The largest absolute Gasteiger partial charge is 0.342 e. The molecule has 3 heteroatoms. The standard InChI is InChI=1S/C16H21N3/c1-2-12-3-5-14(6-4-12)16-18-11-15(19-16)13-7-9-17-10-8-13/h3-6,11,13,17H,2,7-10H2,1H3,(H,18,19). The van der Waals surface area contributed by atoms with E-state index in [2.05, 4.69) is 46.5 Å². The molecule has 0 unspecified atom stereocenters. The fraction of sp³-hybridized carbons (Fsp3) is 0.438. The van der Waals surface area contributed by atoms with Gasteiger partial charge < -0.3 is 10.3 Å². The number of aromatic amines is 1. The van der Waals surface area contributed by atoms with E-state index in [0.29, 0.717) is 5.92 Å². The van der Waals surface area contributed by atoms with Crippen LogP contribution in [-0.4, -0.2) is 23.1 Å². The van der Waals surface area contributed by atoms with Crippen molar-refractivity contribution in [3.63, 3.8) is 0 Å². The number of aromatic nitrogens is 2. The van der Waals surface area contributed by atoms with Crippen molar-refractivity contribution in [1.82, 2.24) is 15.3 Å². The molecule has 0 spiro atoms. The summed E-state index contributed by atoms with van der Waals surface area (Å²) < 4.78 is 0. The van der Waals surface area contributed by atoms with E-state index in [1.807, 2.05) is 6.20 Å². The van der Waals surface area contributed by atoms with Crippen LogP contribution in [0.15, 0.2) is 30.5 Å². The zero-order valence-corrected chi connectivity index (χ0v) is 11.4. The second-order valence-electron chi connectivity index (χ2n) is 5.26. The van der Waals surface area contributed by atoms with Crippen LogP contribution in [0.5, 0.6) is 0 Å². The quantitative estimate of drug-likeness (QED) is 0.884. The van der Waals surface area contributed by atoms with Gasteiger partial charge in [0.2, 0.25) is 0 Å². The number of rotatable bonds is 3. The number of hydrogen-bond donors (Lipinski definition) is 2. The van der Waals surface area contributed by atoms with Gasteiger partial charge in [-0.1, -0.05) is 31.2 Å². The number of nitrogens with one attached hydrogen (secondary N) is 2. The molecule has 0 aliphatic carbocycles. The molecule has 0 saturated carbocycles. The van der Waals surface area contributed by atoms with Gasteiger partial charge >= 0.3 is 0 Å². The van der Waals surface area contributed by atoms with Crippen LogP contribution in [0.3, 0.4) is 0 Å². The predicted molar refractivity (Wildman–Crippen MR) is 78.2 cm³/mol. The molecule has 1 aliphatic rings. The molecule has 2 N–H and O–H groups in total. The second kappa shape index (κ2) is 5.57. The highest BCUT2D eigenvalue weighted by Crippen LogP contribution is 2.26. The van der Waals surface area contributed by atoms with Crippen molar-refractivity contribution in [3.05, 3.63) is 41.7 Å². The molecule has 1 fully saturated rings. The van der Waals surface area contributed by atoms with E-state index in [-0.39, 0.29) is 0 Å². The fourth-order valence-electron chi connectivity index (χ4n) is 2.72. The van der Waals surface area contributed by atoms with Gasteiger partial charge in [0.15, 0.2) is 0 Å². The van der Waals surface area contributed by atoms with Gasteiger partial charge in [0.05, 0.1) is 0 Å². The molecular weight excluding hydrogens is 234 g/mol. The first kappa shape index (κ1) is 12.4. The van der Waals surface area contributed by atoms with Gasteiger partial charge in [-0.2, -0.15) is 0 Å². The molecule has 0 bridgehead atoms. The van der Waals surface area contributed by atoms with E-state index < -0.39 is 0 Å². The molecule has 100 valence electrons. The third kappa shape index (κ3) is 2.71. The molecule has 1 aliphatic heterocycles. The van der Waals surface area contributed by atoms with Crippen molar-refractivity contribution in [2.75, 3.05) is 13.1 Å². The van der Waals surface area contributed by atoms with Crippen molar-refractivity contribution in [2.45, 2.75) is 32.1 Å². The Morgan fingerprint density at radius 2 is 1.89 bits per heavy atom. The summed E-state index contributed by atoms with van der Waals surface area (Å²) in [5.41, 5.74) is 3.84. The zero-order chi connectivity index (χ0) is 13.1. The van der Waals surface area contributed by atoms with E-state index in [1.165, 1.54) is 29.7 Å². The SMILES string of the molecule is CCc1ccc(-c2ncc(C3CCNCC3)[nH]2)cc1. The van der Waals surface area contributed by atoms with Crippen molar-refractivity contribution in [1.29, 1.82) is 0 Å². The van der Waals surface area contributed by atoms with Gasteiger partial charge in [-0.3, -0.25) is 0 Å². The number of nitrogens with zero attached hydrogens (tertiary/aromatic N) is 1. The molecule has 1 aromatic carbocycles. The average Bonchev–Trinajstić information content (AvgIpc) is 2.98. The minimum atomic E-state index is 0.636. The molecule has 3 rings (SSSR count). The smallest absolute Gasteiger partial charge is 0.137 e. The van der Waals surface area contributed by atoms with Crippen LogP contribution in [0.4, 0.5) is 0 Å². The Kier molecular flexibility index (Phi) is 3.65. The van der Waals surface area contributed by atoms with Crippen LogP contribution in [-0.2, 0) is 6.42 Å². The number of benzene rings is 1. The minimum Gasteiger partial charge on any atom is -0.342 e. The lowest BCUT2D eigenvalue weighted by atomic mass is 9.95. The molecular formula is C16H21N3. The highest BCUT2D eigenvalue weighted by Gasteiger charge is 2.17. The maximum atomic E-state index is 4.54. The topological polar surface area (TPSA) is 40.7 Å². The zero-order valence-electron chi connectivity index (χ0n) is 11.4. The first-order valence-electron chi connectivity index (χ1n) is 7.21. The molecule has 0 radical (unpaired) electrons. The van der Waals surface area contributed by atoms with Gasteiger partial charge in [0.1, 0.15) is 5.82 Å². The van der Waals surface area contributed by atoms with E-state index in [1.54, 1.807) is 0 Å². The molecule has 2 heterocycles. The van der Waals surface area contributed by atoms with Crippen LogP contribution < -0.4 is 5.32 Å². The Balaban J connectivity index is 1.79. The van der Waals surface area contributed by atoms with Crippen LogP contribution in [0.1, 0.15) is 36.9 Å². The third-order valence-corrected chi connectivity index (χ3v) is 4.01. The highest BCUT2D eigenvalue weighted by molar-refractivity contribution is 5.55. The summed E-state index contributed by atoms with van der Waals surface area (Å²) >= 11 is 0. The fourth-order valence-corrected chi connectivity index (χ4v) is 2.72. The molecule has 2 aromatic rings. The lowest BCUT2D eigenvalue weighted by Crippen LogP contribution is -2.26. The summed E-state index contributed by atoms with van der Waals surface area (Å²) in [4.78, 5) is 8.04. The van der Waals surface area contributed by atoms with Crippen molar-refractivity contribution < 1.29 is 0 Å². The first-order valence-corrected chi connectivity index (χ1v) is 7.21. The Morgan fingerprint density at radius 1 is 1.16 bits per heavy atom. The minimum absolute atomic E-state index is 0.636. The van der Waals surface area contributed by atoms with Crippen LogP contribution in [0.2, 0.25) is 0 Å². The highest BCUT2D eigenvalue weighted by atomic mass is 14.9. The van der Waals surface area contributed by atoms with E-state index in [9.17, 15) is 0 Å². The van der Waals surface area contributed by atoms with Crippen molar-refractivity contribution in [3.8, 4) is 11.4 Å². The summed E-state index contributed by atoms with van der Waals surface area (Å²) in [6, 6.07) is 8.68. The Hall–Kier alpha value is -1.61. The number of piperidine rings is 1. The van der Waals surface area contributed by atoms with Crippen LogP contribution in [0.25, 0.3) is 11.4 Å². The summed E-state index contributed by atoms with van der Waals surface area (Å²) in [5.74, 6) is 1.63. The third-order valence-electron chi connectivity index (χ3n) is 4.01. The molecule has 1 aromatic heterocycles. The second-order valence-corrected chi connectivity index (χ2v) is 5.26. The number of H-pyrrole nitrogens is 1. The van der Waals surface area contributed by atoms with Gasteiger partial charge in [0.25, 0.3) is 0 Å². The summed E-state index contributed by atoms with van der Waals surface area (Å²) in [6.07, 6.45) is 5.50. The lowest BCUT2D eigenvalue weighted by molar-refractivity contribution is 0.454. The number of hydrogen-bond acceptors (Lipinski definition) is 2. The van der Waals surface area contributed by atoms with Gasteiger partial charge in [0, 0.05) is 23.4 Å². The predicted octanol–water partition coefficient (Wildman–Crippen LogP) is 3.11. The van der Waals surface area contributed by atoms with Crippen molar-refractivity contribution in [2.24, 2.45) is 0 Å². The van der Waals surface area contributed by atoms with Gasteiger partial charge in [-0.15, -0.1) is 0 Å². The number of aryl methyl sites for hydroxylation is 1. The van der Waals surface area contributed by atoms with E-state index in [4.69, 9.17) is 0 Å². The van der Waals surface area contributed by atoms with E-state index in [0.717, 1.165) is 25.3 Å². The Morgan fingerprint density at radius 3 is 2.58 bits per heavy atom. The number of imidazole rings is 1. The summed E-state index contributed by atoms with van der Waals surface area (Å²) in [6.45, 7) is 4.41. The first-order chi connectivity index (χ1) is 9.36. The molecule has 1 saturated heterocycles. The van der Waals surface area contributed by atoms with Gasteiger partial charge in [-0.05, 0) is 37.9 Å². The van der Waals surface area contributed by atoms with Crippen LogP contribution >= 0.6 is 0 Å². The maximum absolute atomic E-state index is 4.54. The van der Waals surface area contributed by atoms with Crippen molar-refractivity contribution >= 4 is 0 Å². The molecule has 0 amide bonds. The average molecular weight is 255 g/mol. The van der Waals surface area contributed by atoms with Crippen LogP contribution in [0, 0.1) is 0 Å². The normalized spacial score (nSPS) is 16.7. The lowest BCUT2D eigenvalue weighted by Gasteiger charge is -2.21. The Labute approximate surface area is 114 Å². The molecule has 19 heavy (non-hydrogen) atoms. The monoisotopic (exact) mass is 255 g/mol.